The number of aromatic nitrogens is 1. The predicted molar refractivity (Wildman–Crippen MR) is 102 cm³/mol. The van der Waals surface area contributed by atoms with Crippen LogP contribution in [-0.2, 0) is 4.79 Å². The fourth-order valence-corrected chi connectivity index (χ4v) is 5.95. The summed E-state index contributed by atoms with van der Waals surface area (Å²) in [5.74, 6) is 1.85. The molecule has 1 N–H and O–H groups in total. The Balaban J connectivity index is 1.47. The zero-order chi connectivity index (χ0) is 16.8. The van der Waals surface area contributed by atoms with Gasteiger partial charge in [-0.15, -0.1) is 11.3 Å². The van der Waals surface area contributed by atoms with Crippen LogP contribution in [0.25, 0.3) is 10.9 Å². The number of benzene rings is 1. The maximum atomic E-state index is 13.2. The highest BCUT2D eigenvalue weighted by Crippen LogP contribution is 2.57. The van der Waals surface area contributed by atoms with Crippen molar-refractivity contribution in [2.24, 2.45) is 17.8 Å². The molecule has 2 aliphatic rings. The van der Waals surface area contributed by atoms with Gasteiger partial charge in [0.15, 0.2) is 0 Å². The molecular weight excluding hydrogens is 328 g/mol. The molecular formula is C21H20N2OS. The zero-order valence-electron chi connectivity index (χ0n) is 13.9. The topological polar surface area (TPSA) is 42.0 Å². The molecule has 1 aromatic carbocycles. The lowest BCUT2D eigenvalue weighted by Crippen LogP contribution is -2.32. The summed E-state index contributed by atoms with van der Waals surface area (Å²) in [5.41, 5.74) is 1.70. The van der Waals surface area contributed by atoms with Crippen LogP contribution in [0.2, 0.25) is 0 Å². The standard InChI is InChI=1S/C21H20N2OS/c24-21(23-16-6-1-4-13-5-2-10-22-20(13)16)19-15-9-8-14(12-15)18(19)17-7-3-11-25-17/h1-7,10-11,14-15,18-19H,8-9,12H2,(H,23,24). The average Bonchev–Trinajstić information content (AvgIpc) is 3.38. The third-order valence-electron chi connectivity index (χ3n) is 5.98. The molecule has 2 bridgehead atoms. The summed E-state index contributed by atoms with van der Waals surface area (Å²) >= 11 is 1.80. The Bertz CT molecular complexity index is 915. The first-order valence-corrected chi connectivity index (χ1v) is 9.87. The summed E-state index contributed by atoms with van der Waals surface area (Å²) in [6, 6.07) is 14.2. The van der Waals surface area contributed by atoms with E-state index in [0.717, 1.165) is 16.6 Å². The first-order chi connectivity index (χ1) is 12.3. The van der Waals surface area contributed by atoms with Crippen molar-refractivity contribution < 1.29 is 4.79 Å². The van der Waals surface area contributed by atoms with Gasteiger partial charge in [-0.2, -0.15) is 0 Å². The summed E-state index contributed by atoms with van der Waals surface area (Å²) in [5, 5.41) is 6.40. The van der Waals surface area contributed by atoms with E-state index >= 15 is 0 Å². The second-order valence-electron chi connectivity index (χ2n) is 7.27. The highest BCUT2D eigenvalue weighted by atomic mass is 32.1. The highest BCUT2D eigenvalue weighted by molar-refractivity contribution is 7.10. The van der Waals surface area contributed by atoms with E-state index in [1.54, 1.807) is 17.5 Å². The van der Waals surface area contributed by atoms with Crippen molar-refractivity contribution in [1.29, 1.82) is 0 Å². The van der Waals surface area contributed by atoms with E-state index in [-0.39, 0.29) is 11.8 Å². The SMILES string of the molecule is O=C(Nc1cccc2cccnc12)C1C2CCC(C2)C1c1cccs1. The van der Waals surface area contributed by atoms with Gasteiger partial charge in [-0.1, -0.05) is 24.3 Å². The molecule has 1 amide bonds. The number of hydrogen-bond acceptors (Lipinski definition) is 3. The Morgan fingerprint density at radius 1 is 1.08 bits per heavy atom. The summed E-state index contributed by atoms with van der Waals surface area (Å²) in [7, 11) is 0. The van der Waals surface area contributed by atoms with Crippen molar-refractivity contribution in [1.82, 2.24) is 4.98 Å². The number of fused-ring (bicyclic) bond motifs is 3. The number of nitrogens with zero attached hydrogens (tertiary/aromatic N) is 1. The summed E-state index contributed by atoms with van der Waals surface area (Å²) in [6.07, 6.45) is 5.45. The molecule has 3 nitrogen and oxygen atoms in total. The van der Waals surface area contributed by atoms with E-state index in [4.69, 9.17) is 0 Å². The number of nitrogens with one attached hydrogen (secondary N) is 1. The Hall–Kier alpha value is -2.20. The van der Waals surface area contributed by atoms with Crippen molar-refractivity contribution in [3.8, 4) is 0 Å². The largest absolute Gasteiger partial charge is 0.324 e. The quantitative estimate of drug-likeness (QED) is 0.718. The highest BCUT2D eigenvalue weighted by Gasteiger charge is 2.51. The van der Waals surface area contributed by atoms with Crippen LogP contribution in [-0.4, -0.2) is 10.9 Å². The van der Waals surface area contributed by atoms with Gasteiger partial charge >= 0.3 is 0 Å². The van der Waals surface area contributed by atoms with Crippen LogP contribution in [0.15, 0.2) is 54.0 Å². The van der Waals surface area contributed by atoms with Crippen molar-refractivity contribution in [2.45, 2.75) is 25.2 Å². The fourth-order valence-electron chi connectivity index (χ4n) is 4.98. The Morgan fingerprint density at radius 2 is 1.96 bits per heavy atom. The number of para-hydroxylation sites is 1. The number of carbonyl (C=O) groups is 1. The molecule has 5 rings (SSSR count). The molecule has 2 fully saturated rings. The minimum absolute atomic E-state index is 0.0939. The molecule has 2 saturated carbocycles. The number of anilines is 1. The van der Waals surface area contributed by atoms with E-state index in [9.17, 15) is 4.79 Å². The van der Waals surface area contributed by atoms with E-state index in [2.05, 4.69) is 27.8 Å². The number of pyridine rings is 1. The van der Waals surface area contributed by atoms with Crippen molar-refractivity contribution >= 4 is 33.8 Å². The molecule has 4 atom stereocenters. The van der Waals surface area contributed by atoms with Crippen LogP contribution < -0.4 is 5.32 Å². The molecule has 126 valence electrons. The lowest BCUT2D eigenvalue weighted by molar-refractivity contribution is -0.121. The first kappa shape index (κ1) is 15.1. The smallest absolute Gasteiger partial charge is 0.228 e. The Morgan fingerprint density at radius 3 is 2.84 bits per heavy atom. The monoisotopic (exact) mass is 348 g/mol. The maximum absolute atomic E-state index is 13.2. The Kier molecular flexibility index (Phi) is 3.59. The molecule has 0 spiro atoms. The molecule has 2 heterocycles. The molecule has 25 heavy (non-hydrogen) atoms. The minimum Gasteiger partial charge on any atom is -0.324 e. The normalized spacial score (nSPS) is 27.7. The second kappa shape index (κ2) is 5.95. The van der Waals surface area contributed by atoms with Crippen molar-refractivity contribution in [2.75, 3.05) is 5.32 Å². The minimum atomic E-state index is 0.0939. The average molecular weight is 348 g/mol. The fraction of sp³-hybridized carbons (Fsp3) is 0.333. The van der Waals surface area contributed by atoms with Gasteiger partial charge in [0.1, 0.15) is 0 Å². The van der Waals surface area contributed by atoms with Crippen molar-refractivity contribution in [3.05, 3.63) is 58.9 Å². The van der Waals surface area contributed by atoms with Gasteiger partial charge in [0, 0.05) is 28.3 Å². The molecule has 0 radical (unpaired) electrons. The molecule has 4 heteroatoms. The van der Waals surface area contributed by atoms with Gasteiger partial charge in [0.25, 0.3) is 0 Å². The molecule has 3 aromatic rings. The van der Waals surface area contributed by atoms with Crippen LogP contribution in [0.4, 0.5) is 5.69 Å². The van der Waals surface area contributed by atoms with Gasteiger partial charge in [-0.3, -0.25) is 9.78 Å². The van der Waals surface area contributed by atoms with Gasteiger partial charge in [-0.05, 0) is 54.7 Å². The second-order valence-corrected chi connectivity index (χ2v) is 8.25. The lowest BCUT2D eigenvalue weighted by Gasteiger charge is -2.29. The van der Waals surface area contributed by atoms with Gasteiger partial charge < -0.3 is 5.32 Å². The van der Waals surface area contributed by atoms with E-state index in [0.29, 0.717) is 17.8 Å². The van der Waals surface area contributed by atoms with Crippen LogP contribution >= 0.6 is 11.3 Å². The third kappa shape index (κ3) is 2.47. The van der Waals surface area contributed by atoms with Gasteiger partial charge in [0.2, 0.25) is 5.91 Å². The summed E-state index contributed by atoms with van der Waals surface area (Å²) in [6.45, 7) is 0. The summed E-state index contributed by atoms with van der Waals surface area (Å²) in [4.78, 5) is 19.1. The van der Waals surface area contributed by atoms with Crippen LogP contribution in [0.1, 0.15) is 30.1 Å². The number of amides is 1. The first-order valence-electron chi connectivity index (χ1n) is 8.99. The Labute approximate surface area is 151 Å². The van der Waals surface area contributed by atoms with Crippen LogP contribution in [0.3, 0.4) is 0 Å². The summed E-state index contributed by atoms with van der Waals surface area (Å²) < 4.78 is 0. The molecule has 0 aliphatic heterocycles. The van der Waals surface area contributed by atoms with Crippen LogP contribution in [0.5, 0.6) is 0 Å². The number of carbonyl (C=O) groups excluding carboxylic acids is 1. The third-order valence-corrected chi connectivity index (χ3v) is 6.96. The van der Waals surface area contributed by atoms with Gasteiger partial charge in [-0.25, -0.2) is 0 Å². The van der Waals surface area contributed by atoms with Crippen molar-refractivity contribution in [3.63, 3.8) is 0 Å². The van der Waals surface area contributed by atoms with E-state index in [1.165, 1.54) is 24.1 Å². The lowest BCUT2D eigenvalue weighted by atomic mass is 9.78. The zero-order valence-corrected chi connectivity index (χ0v) is 14.7. The predicted octanol–water partition coefficient (Wildman–Crippen LogP) is 5.06. The van der Waals surface area contributed by atoms with Crippen LogP contribution in [0, 0.1) is 17.8 Å². The van der Waals surface area contributed by atoms with E-state index < -0.39 is 0 Å². The number of rotatable bonds is 3. The van der Waals surface area contributed by atoms with Gasteiger partial charge in [0.05, 0.1) is 11.2 Å². The number of thiophene rings is 1. The number of hydrogen-bond donors (Lipinski definition) is 1. The molecule has 4 unspecified atom stereocenters. The maximum Gasteiger partial charge on any atom is 0.228 e. The van der Waals surface area contributed by atoms with E-state index in [1.807, 2.05) is 30.3 Å². The molecule has 2 aromatic heterocycles. The molecule has 0 saturated heterocycles. The molecule has 2 aliphatic carbocycles.